The molecular weight excluding hydrogens is 415 g/mol. The number of benzene rings is 2. The van der Waals surface area contributed by atoms with Gasteiger partial charge in [-0.1, -0.05) is 29.3 Å². The van der Waals surface area contributed by atoms with Crippen LogP contribution in [0, 0.1) is 19.8 Å². The minimum absolute atomic E-state index is 0.0492. The third-order valence-electron chi connectivity index (χ3n) is 4.52. The lowest BCUT2D eigenvalue weighted by atomic mass is 10.1. The second-order valence-electron chi connectivity index (χ2n) is 7.03. The Morgan fingerprint density at radius 3 is 2.52 bits per heavy atom. The van der Waals surface area contributed by atoms with Gasteiger partial charge < -0.3 is 15.0 Å². The Kier molecular flexibility index (Phi) is 6.45. The van der Waals surface area contributed by atoms with Crippen LogP contribution < -0.4 is 10.2 Å². The van der Waals surface area contributed by atoms with Crippen molar-refractivity contribution in [1.82, 2.24) is 0 Å². The average Bonchev–Trinajstić information content (AvgIpc) is 3.04. The minimum atomic E-state index is -0.620. The quantitative estimate of drug-likeness (QED) is 0.717. The first kappa shape index (κ1) is 21.1. The molecule has 6 nitrogen and oxygen atoms in total. The van der Waals surface area contributed by atoms with E-state index >= 15 is 0 Å². The molecule has 2 aromatic rings. The summed E-state index contributed by atoms with van der Waals surface area (Å²) in [6.45, 7) is 3.65. The number of rotatable bonds is 5. The summed E-state index contributed by atoms with van der Waals surface area (Å²) in [5, 5.41) is 3.28. The monoisotopic (exact) mass is 434 g/mol. The molecule has 2 amide bonds. The molecule has 1 atom stereocenters. The number of ether oxygens (including phenoxy) is 1. The number of amides is 2. The first-order valence-corrected chi connectivity index (χ1v) is 9.78. The highest BCUT2D eigenvalue weighted by Crippen LogP contribution is 2.28. The number of carbonyl (C=O) groups is 3. The summed E-state index contributed by atoms with van der Waals surface area (Å²) in [5.74, 6) is -1.89. The lowest BCUT2D eigenvalue weighted by molar-refractivity contribution is -0.151. The Morgan fingerprint density at radius 1 is 1.14 bits per heavy atom. The number of esters is 1. The van der Waals surface area contributed by atoms with Crippen LogP contribution in [-0.4, -0.2) is 30.9 Å². The zero-order valence-corrected chi connectivity index (χ0v) is 17.5. The van der Waals surface area contributed by atoms with E-state index in [4.69, 9.17) is 27.9 Å². The summed E-state index contributed by atoms with van der Waals surface area (Å²) in [6.07, 6.45) is 0.0492. The standard InChI is InChI=1S/C21H20Cl2N2O4/c1-12-5-13(2)7-16(6-12)25-10-14(8-20(25)27)21(28)29-11-19(26)24-18-9-15(22)3-4-17(18)23/h3-7,9,14H,8,10-11H2,1-2H3,(H,24,26)/t14-/m0/s1. The second-order valence-corrected chi connectivity index (χ2v) is 7.87. The molecule has 29 heavy (non-hydrogen) atoms. The summed E-state index contributed by atoms with van der Waals surface area (Å²) in [6, 6.07) is 10.5. The third kappa shape index (κ3) is 5.28. The molecule has 0 radical (unpaired) electrons. The molecule has 152 valence electrons. The van der Waals surface area contributed by atoms with Crippen LogP contribution in [0.5, 0.6) is 0 Å². The molecule has 2 aromatic carbocycles. The van der Waals surface area contributed by atoms with Crippen molar-refractivity contribution in [2.45, 2.75) is 20.3 Å². The van der Waals surface area contributed by atoms with Gasteiger partial charge >= 0.3 is 5.97 Å². The van der Waals surface area contributed by atoms with Crippen molar-refractivity contribution in [1.29, 1.82) is 0 Å². The summed E-state index contributed by atoms with van der Waals surface area (Å²) in [7, 11) is 0. The highest BCUT2D eigenvalue weighted by molar-refractivity contribution is 6.35. The highest BCUT2D eigenvalue weighted by Gasteiger charge is 2.36. The lowest BCUT2D eigenvalue weighted by Crippen LogP contribution is -2.28. The molecule has 0 saturated carbocycles. The van der Waals surface area contributed by atoms with Crippen molar-refractivity contribution >= 4 is 52.4 Å². The Hall–Kier alpha value is -2.57. The minimum Gasteiger partial charge on any atom is -0.455 e. The highest BCUT2D eigenvalue weighted by atomic mass is 35.5. The molecule has 1 N–H and O–H groups in total. The molecule has 0 spiro atoms. The number of halogens is 2. The van der Waals surface area contributed by atoms with E-state index in [1.807, 2.05) is 32.0 Å². The average molecular weight is 435 g/mol. The van der Waals surface area contributed by atoms with Gasteiger partial charge in [0.25, 0.3) is 5.91 Å². The van der Waals surface area contributed by atoms with E-state index in [2.05, 4.69) is 5.32 Å². The maximum Gasteiger partial charge on any atom is 0.311 e. The molecular formula is C21H20Cl2N2O4. The maximum absolute atomic E-state index is 12.4. The molecule has 1 saturated heterocycles. The van der Waals surface area contributed by atoms with E-state index in [9.17, 15) is 14.4 Å². The summed E-state index contributed by atoms with van der Waals surface area (Å²) in [5.41, 5.74) is 3.17. The molecule has 1 aliphatic heterocycles. The van der Waals surface area contributed by atoms with Crippen LogP contribution in [0.3, 0.4) is 0 Å². The van der Waals surface area contributed by atoms with E-state index in [-0.39, 0.29) is 18.9 Å². The van der Waals surface area contributed by atoms with E-state index in [0.717, 1.165) is 16.8 Å². The fourth-order valence-electron chi connectivity index (χ4n) is 3.26. The predicted molar refractivity (Wildman–Crippen MR) is 112 cm³/mol. The Balaban J connectivity index is 1.56. The van der Waals surface area contributed by atoms with E-state index in [0.29, 0.717) is 15.7 Å². The van der Waals surface area contributed by atoms with Crippen LogP contribution in [0.15, 0.2) is 36.4 Å². The lowest BCUT2D eigenvalue weighted by Gasteiger charge is -2.18. The smallest absolute Gasteiger partial charge is 0.311 e. The Bertz CT molecular complexity index is 957. The molecule has 3 rings (SSSR count). The summed E-state index contributed by atoms with van der Waals surface area (Å²) in [4.78, 5) is 38.4. The van der Waals surface area contributed by atoms with Gasteiger partial charge in [0.15, 0.2) is 6.61 Å². The van der Waals surface area contributed by atoms with Crippen LogP contribution in [0.4, 0.5) is 11.4 Å². The van der Waals surface area contributed by atoms with Gasteiger partial charge in [0.1, 0.15) is 0 Å². The number of anilines is 2. The molecule has 1 aliphatic rings. The van der Waals surface area contributed by atoms with Crippen LogP contribution >= 0.6 is 23.2 Å². The molecule has 0 unspecified atom stereocenters. The summed E-state index contributed by atoms with van der Waals surface area (Å²) < 4.78 is 5.10. The van der Waals surface area contributed by atoms with E-state index < -0.39 is 24.4 Å². The number of nitrogens with one attached hydrogen (secondary N) is 1. The normalized spacial score (nSPS) is 16.1. The number of hydrogen-bond donors (Lipinski definition) is 1. The van der Waals surface area contributed by atoms with Crippen molar-refractivity contribution in [3.05, 3.63) is 57.6 Å². The van der Waals surface area contributed by atoms with Crippen molar-refractivity contribution in [3.8, 4) is 0 Å². The molecule has 0 aliphatic carbocycles. The Morgan fingerprint density at radius 2 is 1.83 bits per heavy atom. The molecule has 1 heterocycles. The Labute approximate surface area is 178 Å². The zero-order chi connectivity index (χ0) is 21.1. The molecule has 0 aromatic heterocycles. The van der Waals surface area contributed by atoms with Crippen LogP contribution in [0.2, 0.25) is 10.0 Å². The van der Waals surface area contributed by atoms with Gasteiger partial charge in [-0.2, -0.15) is 0 Å². The molecule has 0 bridgehead atoms. The molecule has 8 heteroatoms. The third-order valence-corrected chi connectivity index (χ3v) is 5.09. The van der Waals surface area contributed by atoms with Crippen molar-refractivity contribution in [2.75, 3.05) is 23.4 Å². The summed E-state index contributed by atoms with van der Waals surface area (Å²) >= 11 is 11.9. The van der Waals surface area contributed by atoms with Gasteiger partial charge in [-0.05, 0) is 55.3 Å². The number of nitrogens with zero attached hydrogens (tertiary/aromatic N) is 1. The van der Waals surface area contributed by atoms with Gasteiger partial charge in [0.2, 0.25) is 5.91 Å². The largest absolute Gasteiger partial charge is 0.455 e. The van der Waals surface area contributed by atoms with Gasteiger partial charge in [-0.25, -0.2) is 0 Å². The fourth-order valence-corrected chi connectivity index (χ4v) is 3.59. The topological polar surface area (TPSA) is 75.7 Å². The first-order chi connectivity index (χ1) is 13.7. The van der Waals surface area contributed by atoms with Crippen LogP contribution in [0.25, 0.3) is 0 Å². The fraction of sp³-hybridized carbons (Fsp3) is 0.286. The number of hydrogen-bond acceptors (Lipinski definition) is 4. The van der Waals surface area contributed by atoms with Gasteiger partial charge in [0, 0.05) is 23.7 Å². The molecule has 1 fully saturated rings. The SMILES string of the molecule is Cc1cc(C)cc(N2C[C@@H](C(=O)OCC(=O)Nc3cc(Cl)ccc3Cl)CC2=O)c1. The predicted octanol–water partition coefficient (Wildman–Crippen LogP) is 4.15. The maximum atomic E-state index is 12.4. The van der Waals surface area contributed by atoms with Gasteiger partial charge in [-0.3, -0.25) is 14.4 Å². The number of aryl methyl sites for hydroxylation is 2. The first-order valence-electron chi connectivity index (χ1n) is 9.03. The van der Waals surface area contributed by atoms with Gasteiger partial charge in [-0.15, -0.1) is 0 Å². The van der Waals surface area contributed by atoms with Crippen LogP contribution in [0.1, 0.15) is 17.5 Å². The number of carbonyl (C=O) groups excluding carboxylic acids is 3. The van der Waals surface area contributed by atoms with Crippen molar-refractivity contribution < 1.29 is 19.1 Å². The van der Waals surface area contributed by atoms with Gasteiger partial charge in [0.05, 0.1) is 16.6 Å². The van der Waals surface area contributed by atoms with Crippen molar-refractivity contribution in [3.63, 3.8) is 0 Å². The van der Waals surface area contributed by atoms with E-state index in [1.165, 1.54) is 6.07 Å². The van der Waals surface area contributed by atoms with Crippen molar-refractivity contribution in [2.24, 2.45) is 5.92 Å². The zero-order valence-electron chi connectivity index (χ0n) is 16.0. The second kappa shape index (κ2) is 8.84. The van der Waals surface area contributed by atoms with E-state index in [1.54, 1.807) is 17.0 Å². The van der Waals surface area contributed by atoms with Crippen LogP contribution in [-0.2, 0) is 19.1 Å².